The lowest BCUT2D eigenvalue weighted by Crippen LogP contribution is -2.49. The van der Waals surface area contributed by atoms with Crippen molar-refractivity contribution in [2.45, 2.75) is 60.4 Å². The number of hydrogen-bond donors (Lipinski definition) is 1. The van der Waals surface area contributed by atoms with Crippen molar-refractivity contribution in [3.63, 3.8) is 0 Å². The fourth-order valence-corrected chi connectivity index (χ4v) is 3.02. The third-order valence-corrected chi connectivity index (χ3v) is 4.50. The largest absolute Gasteiger partial charge is 0.467 e. The molecular formula is C19H28N4O3. The van der Waals surface area contributed by atoms with E-state index in [9.17, 15) is 9.59 Å². The van der Waals surface area contributed by atoms with Gasteiger partial charge in [-0.25, -0.2) is 14.3 Å². The Morgan fingerprint density at radius 3 is 2.50 bits per heavy atom. The minimum Gasteiger partial charge on any atom is -0.467 e. The zero-order valence-electron chi connectivity index (χ0n) is 16.6. The molecule has 26 heavy (non-hydrogen) atoms. The van der Waals surface area contributed by atoms with Crippen molar-refractivity contribution in [1.29, 1.82) is 0 Å². The molecule has 0 aromatic carbocycles. The Morgan fingerprint density at radius 1 is 1.27 bits per heavy atom. The summed E-state index contributed by atoms with van der Waals surface area (Å²) < 4.78 is 6.62. The number of fused-ring (bicyclic) bond motifs is 1. The molecule has 0 aliphatic rings. The smallest absolute Gasteiger partial charge is 0.328 e. The average molecular weight is 360 g/mol. The number of esters is 1. The van der Waals surface area contributed by atoms with E-state index in [1.54, 1.807) is 0 Å². The van der Waals surface area contributed by atoms with Crippen LogP contribution >= 0.6 is 0 Å². The number of amides is 1. The molecule has 0 fully saturated rings. The number of nitrogens with one attached hydrogen (secondary N) is 1. The van der Waals surface area contributed by atoms with Crippen molar-refractivity contribution >= 4 is 17.5 Å². The SMILES string of the molecule is COC(=O)[C@H](NC(=O)CCc1c(C)nc2cc(C)nn2c1C)C(C)(C)C. The fraction of sp³-hybridized carbons (Fsp3) is 0.579. The summed E-state index contributed by atoms with van der Waals surface area (Å²) in [5.74, 6) is -0.626. The first-order valence-electron chi connectivity index (χ1n) is 8.74. The Labute approximate surface area is 154 Å². The van der Waals surface area contributed by atoms with E-state index in [0.29, 0.717) is 6.42 Å². The van der Waals surface area contributed by atoms with Crippen LogP contribution in [0.2, 0.25) is 0 Å². The standard InChI is InChI=1S/C19H28N4O3/c1-11-10-15-20-12(2)14(13(3)23(15)22-11)8-9-16(24)21-17(18(25)26-7)19(4,5)6/h10,17H,8-9H2,1-7H3,(H,21,24)/t17-/m0/s1. The van der Waals surface area contributed by atoms with Crippen LogP contribution in [0.15, 0.2) is 6.07 Å². The van der Waals surface area contributed by atoms with E-state index in [4.69, 9.17) is 4.74 Å². The van der Waals surface area contributed by atoms with Gasteiger partial charge in [0, 0.05) is 23.9 Å². The van der Waals surface area contributed by atoms with Crippen LogP contribution in [0.5, 0.6) is 0 Å². The summed E-state index contributed by atoms with van der Waals surface area (Å²) in [5.41, 5.74) is 4.16. The summed E-state index contributed by atoms with van der Waals surface area (Å²) in [5, 5.41) is 7.25. The van der Waals surface area contributed by atoms with Crippen molar-refractivity contribution in [2.75, 3.05) is 7.11 Å². The zero-order chi connectivity index (χ0) is 19.6. The Bertz CT molecular complexity index is 833. The van der Waals surface area contributed by atoms with Crippen molar-refractivity contribution < 1.29 is 14.3 Å². The highest BCUT2D eigenvalue weighted by molar-refractivity contribution is 5.85. The first-order chi connectivity index (χ1) is 12.0. The van der Waals surface area contributed by atoms with E-state index in [2.05, 4.69) is 15.4 Å². The summed E-state index contributed by atoms with van der Waals surface area (Å²) >= 11 is 0. The van der Waals surface area contributed by atoms with Crippen molar-refractivity contribution in [1.82, 2.24) is 19.9 Å². The molecule has 2 rings (SSSR count). The molecule has 2 heterocycles. The van der Waals surface area contributed by atoms with Crippen molar-refractivity contribution in [2.24, 2.45) is 5.41 Å². The van der Waals surface area contributed by atoms with Gasteiger partial charge >= 0.3 is 5.97 Å². The van der Waals surface area contributed by atoms with Gasteiger partial charge in [-0.1, -0.05) is 20.8 Å². The molecule has 0 radical (unpaired) electrons. The van der Waals surface area contributed by atoms with E-state index in [-0.39, 0.29) is 12.3 Å². The quantitative estimate of drug-likeness (QED) is 0.827. The maximum Gasteiger partial charge on any atom is 0.328 e. The lowest BCUT2D eigenvalue weighted by atomic mass is 9.86. The van der Waals surface area contributed by atoms with Crippen LogP contribution < -0.4 is 5.32 Å². The predicted molar refractivity (Wildman–Crippen MR) is 98.9 cm³/mol. The highest BCUT2D eigenvalue weighted by Crippen LogP contribution is 2.21. The monoisotopic (exact) mass is 360 g/mol. The first-order valence-corrected chi connectivity index (χ1v) is 8.74. The Morgan fingerprint density at radius 2 is 1.92 bits per heavy atom. The maximum atomic E-state index is 12.4. The number of carbonyl (C=O) groups excluding carboxylic acids is 2. The number of ether oxygens (including phenoxy) is 1. The Hall–Kier alpha value is -2.44. The molecule has 1 N–H and O–H groups in total. The van der Waals surface area contributed by atoms with Crippen LogP contribution in [0.4, 0.5) is 0 Å². The van der Waals surface area contributed by atoms with Gasteiger partial charge in [0.2, 0.25) is 5.91 Å². The Kier molecular flexibility index (Phi) is 5.68. The van der Waals surface area contributed by atoms with Gasteiger partial charge in [-0.2, -0.15) is 5.10 Å². The number of nitrogens with zero attached hydrogens (tertiary/aromatic N) is 3. The van der Waals surface area contributed by atoms with Gasteiger partial charge in [-0.05, 0) is 38.2 Å². The number of hydrogen-bond acceptors (Lipinski definition) is 5. The van der Waals surface area contributed by atoms with E-state index in [1.165, 1.54) is 7.11 Å². The maximum absolute atomic E-state index is 12.4. The molecule has 7 heteroatoms. The number of rotatable bonds is 5. The second-order valence-electron chi connectivity index (χ2n) is 7.71. The van der Waals surface area contributed by atoms with Gasteiger partial charge in [0.05, 0.1) is 12.8 Å². The van der Waals surface area contributed by atoms with Gasteiger partial charge < -0.3 is 10.1 Å². The summed E-state index contributed by atoms with van der Waals surface area (Å²) in [6.45, 7) is 11.5. The number of carbonyl (C=O) groups is 2. The van der Waals surface area contributed by atoms with Crippen LogP contribution in [0, 0.1) is 26.2 Å². The molecule has 0 saturated carbocycles. The van der Waals surface area contributed by atoms with E-state index >= 15 is 0 Å². The lowest BCUT2D eigenvalue weighted by molar-refractivity contribution is -0.148. The van der Waals surface area contributed by atoms with Crippen LogP contribution in [0.25, 0.3) is 5.65 Å². The molecule has 1 amide bonds. The number of methoxy groups -OCH3 is 1. The molecule has 0 aliphatic carbocycles. The topological polar surface area (TPSA) is 85.6 Å². The third kappa shape index (κ3) is 4.20. The van der Waals surface area contributed by atoms with Gasteiger partial charge in [0.25, 0.3) is 0 Å². The molecule has 142 valence electrons. The second kappa shape index (κ2) is 7.43. The van der Waals surface area contributed by atoms with Crippen LogP contribution in [0.1, 0.15) is 49.8 Å². The predicted octanol–water partition coefficient (Wildman–Crippen LogP) is 2.29. The summed E-state index contributed by atoms with van der Waals surface area (Å²) in [7, 11) is 1.33. The molecule has 7 nitrogen and oxygen atoms in total. The molecule has 0 bridgehead atoms. The van der Waals surface area contributed by atoms with E-state index in [0.717, 1.165) is 28.3 Å². The van der Waals surface area contributed by atoms with Crippen LogP contribution in [0.3, 0.4) is 0 Å². The normalized spacial score (nSPS) is 12.9. The molecule has 0 unspecified atom stereocenters. The molecule has 2 aromatic rings. The van der Waals surface area contributed by atoms with Crippen LogP contribution in [-0.4, -0.2) is 39.6 Å². The highest BCUT2D eigenvalue weighted by Gasteiger charge is 2.33. The molecular weight excluding hydrogens is 332 g/mol. The fourth-order valence-electron chi connectivity index (χ4n) is 3.02. The molecule has 0 spiro atoms. The molecule has 2 aromatic heterocycles. The summed E-state index contributed by atoms with van der Waals surface area (Å²) in [4.78, 5) is 29.0. The Balaban J connectivity index is 2.14. The average Bonchev–Trinajstić information content (AvgIpc) is 2.91. The number of aryl methyl sites for hydroxylation is 3. The van der Waals surface area contributed by atoms with Gasteiger partial charge in [0.1, 0.15) is 6.04 Å². The lowest BCUT2D eigenvalue weighted by Gasteiger charge is -2.29. The minimum atomic E-state index is -0.684. The van der Waals surface area contributed by atoms with E-state index in [1.807, 2.05) is 52.1 Å². The molecule has 0 saturated heterocycles. The van der Waals surface area contributed by atoms with Gasteiger partial charge in [-0.3, -0.25) is 4.79 Å². The zero-order valence-corrected chi connectivity index (χ0v) is 16.6. The minimum absolute atomic E-state index is 0.189. The molecule has 0 aliphatic heterocycles. The number of aromatic nitrogens is 3. The van der Waals surface area contributed by atoms with Crippen molar-refractivity contribution in [3.05, 3.63) is 28.7 Å². The van der Waals surface area contributed by atoms with E-state index < -0.39 is 17.4 Å². The van der Waals surface area contributed by atoms with Crippen LogP contribution in [-0.2, 0) is 20.7 Å². The van der Waals surface area contributed by atoms with Gasteiger partial charge in [-0.15, -0.1) is 0 Å². The van der Waals surface area contributed by atoms with Crippen molar-refractivity contribution in [3.8, 4) is 0 Å². The summed E-state index contributed by atoms with van der Waals surface area (Å²) in [6, 6.07) is 1.25. The third-order valence-electron chi connectivity index (χ3n) is 4.50. The second-order valence-corrected chi connectivity index (χ2v) is 7.71. The summed E-state index contributed by atoms with van der Waals surface area (Å²) in [6.07, 6.45) is 0.794. The van der Waals surface area contributed by atoms with Gasteiger partial charge in [0.15, 0.2) is 5.65 Å². The highest BCUT2D eigenvalue weighted by atomic mass is 16.5. The molecule has 1 atom stereocenters. The first kappa shape index (κ1) is 19.9.